The van der Waals surface area contributed by atoms with Gasteiger partial charge in [-0.25, -0.2) is 14.2 Å². The van der Waals surface area contributed by atoms with Crippen LogP contribution in [0.4, 0.5) is 4.39 Å². The Morgan fingerprint density at radius 1 is 1.22 bits per heavy atom. The molecule has 0 saturated carbocycles. The number of fused-ring (bicyclic) bond motifs is 5. The van der Waals surface area contributed by atoms with Gasteiger partial charge in [0.15, 0.2) is 12.2 Å². The Morgan fingerprint density at radius 2 is 1.96 bits per heavy atom. The van der Waals surface area contributed by atoms with Gasteiger partial charge >= 0.3 is 17.9 Å². The number of aromatic nitrogens is 2. The average molecular weight is 707 g/mol. The Bertz CT molecular complexity index is 2060. The van der Waals surface area contributed by atoms with Gasteiger partial charge in [0.05, 0.1) is 35.1 Å². The summed E-state index contributed by atoms with van der Waals surface area (Å²) in [6.45, 7) is 5.72. The van der Waals surface area contributed by atoms with Gasteiger partial charge in [-0.3, -0.25) is 24.5 Å². The van der Waals surface area contributed by atoms with E-state index < -0.39 is 71.4 Å². The van der Waals surface area contributed by atoms with Gasteiger partial charge in [-0.2, -0.15) is 0 Å². The second kappa shape index (κ2) is 13.6. The van der Waals surface area contributed by atoms with Crippen LogP contribution in [0.1, 0.15) is 85.9 Å². The lowest BCUT2D eigenvalue weighted by Gasteiger charge is -2.31. The minimum atomic E-state index is -2.03. The van der Waals surface area contributed by atoms with E-state index in [4.69, 9.17) is 14.5 Å². The minimum Gasteiger partial charge on any atom is -0.480 e. The molecule has 0 radical (unpaired) electrons. The molecule has 0 saturated heterocycles. The van der Waals surface area contributed by atoms with Crippen molar-refractivity contribution in [3.8, 4) is 11.4 Å². The molecule has 4 N–H and O–H groups in total. The summed E-state index contributed by atoms with van der Waals surface area (Å²) >= 11 is 0. The third-order valence-corrected chi connectivity index (χ3v) is 10.2. The van der Waals surface area contributed by atoms with Crippen LogP contribution in [0.15, 0.2) is 16.9 Å². The molecule has 15 heteroatoms. The number of aliphatic carboxylic acids is 1. The van der Waals surface area contributed by atoms with Crippen molar-refractivity contribution in [2.75, 3.05) is 6.61 Å². The standard InChI is InChI=1S/C36H39FN4O10/c1-5-36(49)21-11-26-31-19(13-41(26)32(44)20(21)14-51-35(36)48)29-23(9-8-18-17(4)22(37)12-25(40-31)28(18)29)38-27(43)15-50-34(47)30(16(2)3)39-24(33(45)46)7-6-10-42/h10-12,16,23-24,30,39,49H,5-9,13-15H2,1-4H3,(H,38,43)(H,45,46)/t23-,24?,30?,36-/m0/s1. The minimum absolute atomic E-state index is 0.0218. The first-order valence-corrected chi connectivity index (χ1v) is 16.9. The SMILES string of the molecule is CC[C@@]1(O)C(=O)OCc2c1cc1n(c2=O)Cc2c-1nc1cc(F)c(C)c3c1c2[C@@H](NC(=O)COC(=O)C(NC(CCC=O)C(=O)O)C(C)C)CC3. The van der Waals surface area contributed by atoms with E-state index in [1.165, 1.54) is 10.6 Å². The average Bonchev–Trinajstić information content (AvgIpc) is 3.46. The highest BCUT2D eigenvalue weighted by molar-refractivity contribution is 5.94. The number of pyridine rings is 2. The monoisotopic (exact) mass is 706 g/mol. The number of ether oxygens (including phenoxy) is 2. The number of aliphatic hydroxyl groups is 1. The molecule has 0 fully saturated rings. The molecular formula is C36H39FN4O10. The number of carbonyl (C=O) groups excluding carboxylic acids is 4. The molecule has 0 spiro atoms. The van der Waals surface area contributed by atoms with Crippen molar-refractivity contribution in [2.24, 2.45) is 5.92 Å². The third-order valence-electron chi connectivity index (χ3n) is 10.2. The second-order valence-corrected chi connectivity index (χ2v) is 13.6. The Morgan fingerprint density at radius 3 is 2.63 bits per heavy atom. The zero-order valence-electron chi connectivity index (χ0n) is 28.6. The maximum absolute atomic E-state index is 15.2. The number of cyclic esters (lactones) is 1. The van der Waals surface area contributed by atoms with Crippen LogP contribution in [-0.2, 0) is 58.6 Å². The summed E-state index contributed by atoms with van der Waals surface area (Å²) in [5.74, 6) is -4.43. The largest absolute Gasteiger partial charge is 0.480 e. The Labute approximate surface area is 291 Å². The molecule has 1 amide bonds. The van der Waals surface area contributed by atoms with E-state index in [0.717, 1.165) is 5.56 Å². The van der Waals surface area contributed by atoms with Crippen LogP contribution in [0.3, 0.4) is 0 Å². The first kappa shape index (κ1) is 35.8. The number of rotatable bonds is 12. The molecule has 2 aromatic heterocycles. The number of carboxylic acid groups (broad SMARTS) is 1. The topological polar surface area (TPSA) is 203 Å². The summed E-state index contributed by atoms with van der Waals surface area (Å²) in [6.07, 6.45) is 1.26. The zero-order valence-corrected chi connectivity index (χ0v) is 28.6. The molecule has 3 aliphatic rings. The maximum atomic E-state index is 15.2. The number of nitrogens with zero attached hydrogens (tertiary/aromatic N) is 2. The summed E-state index contributed by atoms with van der Waals surface area (Å²) in [7, 11) is 0. The van der Waals surface area contributed by atoms with Crippen LogP contribution in [0.25, 0.3) is 22.3 Å². The maximum Gasteiger partial charge on any atom is 0.343 e. The first-order chi connectivity index (χ1) is 24.2. The number of carbonyl (C=O) groups is 5. The molecule has 270 valence electrons. The van der Waals surface area contributed by atoms with E-state index in [2.05, 4.69) is 10.6 Å². The van der Waals surface area contributed by atoms with Gasteiger partial charge in [0.1, 0.15) is 30.8 Å². The molecule has 2 aliphatic heterocycles. The smallest absolute Gasteiger partial charge is 0.343 e. The number of esters is 2. The number of aldehydes is 1. The van der Waals surface area contributed by atoms with Crippen molar-refractivity contribution < 1.29 is 48.0 Å². The normalized spacial score (nSPS) is 19.8. The lowest BCUT2D eigenvalue weighted by atomic mass is 9.81. The molecule has 4 heterocycles. The van der Waals surface area contributed by atoms with E-state index in [1.54, 1.807) is 33.8 Å². The Balaban J connectivity index is 1.33. The molecule has 1 aliphatic carbocycles. The number of halogens is 1. The summed E-state index contributed by atoms with van der Waals surface area (Å²) in [4.78, 5) is 80.2. The van der Waals surface area contributed by atoms with Gasteiger partial charge in [-0.05, 0) is 61.3 Å². The Kier molecular flexibility index (Phi) is 9.55. The summed E-state index contributed by atoms with van der Waals surface area (Å²) in [6, 6.07) is -0.0273. The van der Waals surface area contributed by atoms with E-state index in [0.29, 0.717) is 58.1 Å². The number of hydrogen-bond acceptors (Lipinski definition) is 11. The van der Waals surface area contributed by atoms with Gasteiger partial charge in [-0.15, -0.1) is 0 Å². The second-order valence-electron chi connectivity index (χ2n) is 13.6. The first-order valence-electron chi connectivity index (χ1n) is 16.9. The summed E-state index contributed by atoms with van der Waals surface area (Å²) < 4.78 is 27.2. The quantitative estimate of drug-likeness (QED) is 0.124. The lowest BCUT2D eigenvalue weighted by molar-refractivity contribution is -0.172. The number of hydrogen-bond donors (Lipinski definition) is 4. The van der Waals surface area contributed by atoms with Crippen molar-refractivity contribution in [1.29, 1.82) is 0 Å². The lowest BCUT2D eigenvalue weighted by Crippen LogP contribution is -2.50. The van der Waals surface area contributed by atoms with Gasteiger partial charge in [0.25, 0.3) is 11.5 Å². The number of benzene rings is 1. The highest BCUT2D eigenvalue weighted by Crippen LogP contribution is 2.46. The fraction of sp³-hybridized carbons (Fsp3) is 0.472. The Hall–Kier alpha value is -5.02. The van der Waals surface area contributed by atoms with Gasteiger partial charge in [0.2, 0.25) is 0 Å². The summed E-state index contributed by atoms with van der Waals surface area (Å²) in [5.41, 5.74) is 1.20. The van der Waals surface area contributed by atoms with Crippen LogP contribution < -0.4 is 16.2 Å². The van der Waals surface area contributed by atoms with Crippen molar-refractivity contribution >= 4 is 41.0 Å². The van der Waals surface area contributed by atoms with Crippen molar-refractivity contribution in [1.82, 2.24) is 20.2 Å². The van der Waals surface area contributed by atoms with Crippen LogP contribution in [0, 0.1) is 18.7 Å². The van der Waals surface area contributed by atoms with Crippen molar-refractivity contribution in [2.45, 2.75) is 96.7 Å². The molecule has 0 bridgehead atoms. The molecule has 6 rings (SSSR count). The predicted molar refractivity (Wildman–Crippen MR) is 178 cm³/mol. The summed E-state index contributed by atoms with van der Waals surface area (Å²) in [5, 5.41) is 27.1. The van der Waals surface area contributed by atoms with E-state index in [-0.39, 0.29) is 43.5 Å². The molecule has 51 heavy (non-hydrogen) atoms. The fourth-order valence-electron chi connectivity index (χ4n) is 7.42. The molecule has 4 atom stereocenters. The number of nitrogens with one attached hydrogen (secondary N) is 2. The molecular weight excluding hydrogens is 667 g/mol. The molecule has 1 aromatic carbocycles. The van der Waals surface area contributed by atoms with Gasteiger partial charge in [0, 0.05) is 29.0 Å². The third kappa shape index (κ3) is 6.07. The van der Waals surface area contributed by atoms with E-state index in [9.17, 15) is 39.0 Å². The predicted octanol–water partition coefficient (Wildman–Crippen LogP) is 2.22. The highest BCUT2D eigenvalue weighted by Gasteiger charge is 2.46. The number of carboxylic acids is 1. The number of aryl methyl sites for hydroxylation is 1. The zero-order chi connectivity index (χ0) is 36.9. The molecule has 2 unspecified atom stereocenters. The fourth-order valence-corrected chi connectivity index (χ4v) is 7.42. The van der Waals surface area contributed by atoms with Crippen molar-refractivity contribution in [3.63, 3.8) is 0 Å². The van der Waals surface area contributed by atoms with Crippen LogP contribution in [-0.4, -0.2) is 68.6 Å². The van der Waals surface area contributed by atoms with E-state index >= 15 is 4.39 Å². The van der Waals surface area contributed by atoms with Crippen molar-refractivity contribution in [3.05, 3.63) is 61.7 Å². The molecule has 3 aromatic rings. The number of amides is 1. The molecule has 14 nitrogen and oxygen atoms in total. The van der Waals surface area contributed by atoms with Crippen LogP contribution in [0.2, 0.25) is 0 Å². The van der Waals surface area contributed by atoms with Crippen LogP contribution in [0.5, 0.6) is 0 Å². The highest BCUT2D eigenvalue weighted by atomic mass is 19.1. The van der Waals surface area contributed by atoms with Crippen LogP contribution >= 0.6 is 0 Å². The van der Waals surface area contributed by atoms with E-state index in [1.807, 2.05) is 0 Å². The van der Waals surface area contributed by atoms with Gasteiger partial charge in [-0.1, -0.05) is 20.8 Å². The van der Waals surface area contributed by atoms with Gasteiger partial charge < -0.3 is 34.4 Å².